The lowest BCUT2D eigenvalue weighted by Gasteiger charge is -2.41. The Morgan fingerprint density at radius 3 is 2.62 bits per heavy atom. The summed E-state index contributed by atoms with van der Waals surface area (Å²) in [6.45, 7) is 5.87. The van der Waals surface area contributed by atoms with E-state index in [1.807, 2.05) is 19.9 Å². The first kappa shape index (κ1) is 16.8. The maximum absolute atomic E-state index is 11.0. The van der Waals surface area contributed by atoms with Crippen LogP contribution in [-0.2, 0) is 0 Å². The molecule has 2 fully saturated rings. The van der Waals surface area contributed by atoms with Crippen LogP contribution in [0, 0.1) is 17.8 Å². The van der Waals surface area contributed by atoms with Gasteiger partial charge in [0.2, 0.25) is 5.88 Å². The molecule has 24 heavy (non-hydrogen) atoms. The highest BCUT2D eigenvalue weighted by Crippen LogP contribution is 2.46. The van der Waals surface area contributed by atoms with Gasteiger partial charge in [-0.05, 0) is 50.9 Å². The van der Waals surface area contributed by atoms with Gasteiger partial charge in [-0.2, -0.15) is 0 Å². The molecule has 7 nitrogen and oxygen atoms in total. The molecule has 2 bridgehead atoms. The molecule has 2 heterocycles. The van der Waals surface area contributed by atoms with E-state index in [0.717, 1.165) is 25.3 Å². The second-order valence-corrected chi connectivity index (χ2v) is 7.60. The zero-order valence-corrected chi connectivity index (χ0v) is 14.5. The number of amides is 1. The zero-order valence-electron chi connectivity index (χ0n) is 14.5. The van der Waals surface area contributed by atoms with Crippen LogP contribution in [0.25, 0.3) is 0 Å². The molecule has 1 saturated carbocycles. The van der Waals surface area contributed by atoms with E-state index in [1.165, 1.54) is 12.8 Å². The van der Waals surface area contributed by atoms with Gasteiger partial charge in [0, 0.05) is 24.7 Å². The van der Waals surface area contributed by atoms with Gasteiger partial charge in [-0.1, -0.05) is 0 Å². The fourth-order valence-electron chi connectivity index (χ4n) is 4.40. The Kier molecular flexibility index (Phi) is 4.51. The third-order valence-electron chi connectivity index (χ3n) is 5.38. The topological polar surface area (TPSA) is 87.6 Å². The van der Waals surface area contributed by atoms with Crippen LogP contribution in [-0.4, -0.2) is 46.9 Å². The second kappa shape index (κ2) is 6.45. The average Bonchev–Trinajstić information content (AvgIpc) is 2.74. The minimum atomic E-state index is -0.946. The van der Waals surface area contributed by atoms with Crippen molar-refractivity contribution in [2.24, 2.45) is 17.8 Å². The van der Waals surface area contributed by atoms with Crippen LogP contribution >= 0.6 is 0 Å². The van der Waals surface area contributed by atoms with Crippen molar-refractivity contribution in [2.75, 3.05) is 25.1 Å². The van der Waals surface area contributed by atoms with Crippen LogP contribution in [0.4, 0.5) is 10.6 Å². The average molecular weight is 334 g/mol. The number of aromatic nitrogens is 2. The molecule has 1 saturated heterocycles. The maximum atomic E-state index is 11.0. The number of nitrogens with zero attached hydrogens (tertiary/aromatic N) is 3. The molecule has 0 aromatic carbocycles. The summed E-state index contributed by atoms with van der Waals surface area (Å²) in [5.74, 6) is 3.23. The smallest absolute Gasteiger partial charge is 0.405 e. The monoisotopic (exact) mass is 334 g/mol. The first-order chi connectivity index (χ1) is 11.4. The van der Waals surface area contributed by atoms with Crippen LogP contribution in [0.2, 0.25) is 0 Å². The number of carboxylic acid groups (broad SMARTS) is 1. The summed E-state index contributed by atoms with van der Waals surface area (Å²) in [5.41, 5.74) is -0.391. The first-order valence-corrected chi connectivity index (χ1v) is 8.50. The van der Waals surface area contributed by atoms with Crippen molar-refractivity contribution in [1.29, 1.82) is 0 Å². The van der Waals surface area contributed by atoms with Crippen LogP contribution in [0.15, 0.2) is 12.4 Å². The number of ether oxygens (including phenoxy) is 1. The van der Waals surface area contributed by atoms with Crippen molar-refractivity contribution < 1.29 is 14.6 Å². The number of hydrogen-bond donors (Lipinski definition) is 2. The van der Waals surface area contributed by atoms with Crippen LogP contribution in [0.5, 0.6) is 5.88 Å². The number of nitrogens with one attached hydrogen (secondary N) is 1. The van der Waals surface area contributed by atoms with Crippen LogP contribution in [0.3, 0.4) is 0 Å². The lowest BCUT2D eigenvalue weighted by molar-refractivity contribution is 0.160. The minimum absolute atomic E-state index is 0.391. The molecule has 0 unspecified atom stereocenters. The second-order valence-electron chi connectivity index (χ2n) is 7.60. The van der Waals surface area contributed by atoms with E-state index in [4.69, 9.17) is 9.84 Å². The van der Waals surface area contributed by atoms with Gasteiger partial charge in [0.15, 0.2) is 0 Å². The molecule has 132 valence electrons. The fraction of sp³-hybridized carbons (Fsp3) is 0.706. The zero-order chi connectivity index (χ0) is 17.3. The van der Waals surface area contributed by atoms with Crippen molar-refractivity contribution in [1.82, 2.24) is 15.3 Å². The van der Waals surface area contributed by atoms with Crippen molar-refractivity contribution in [2.45, 2.75) is 38.6 Å². The first-order valence-electron chi connectivity index (χ1n) is 8.50. The molecule has 1 aromatic heterocycles. The molecule has 0 spiro atoms. The molecule has 2 N–H and O–H groups in total. The third-order valence-corrected chi connectivity index (χ3v) is 5.38. The van der Waals surface area contributed by atoms with Gasteiger partial charge in [0.05, 0.1) is 7.11 Å². The molecule has 3 atom stereocenters. The van der Waals surface area contributed by atoms with E-state index in [9.17, 15) is 4.79 Å². The molecular weight excluding hydrogens is 308 g/mol. The predicted octanol–water partition coefficient (Wildman–Crippen LogP) is 2.38. The van der Waals surface area contributed by atoms with E-state index in [-0.39, 0.29) is 0 Å². The van der Waals surface area contributed by atoms with E-state index < -0.39 is 11.6 Å². The number of rotatable bonds is 5. The minimum Gasteiger partial charge on any atom is -0.481 e. The van der Waals surface area contributed by atoms with Crippen molar-refractivity contribution in [3.63, 3.8) is 0 Å². The van der Waals surface area contributed by atoms with Gasteiger partial charge in [-0.3, -0.25) is 0 Å². The quantitative estimate of drug-likeness (QED) is 0.859. The molecule has 3 rings (SSSR count). The van der Waals surface area contributed by atoms with E-state index in [1.54, 1.807) is 13.4 Å². The summed E-state index contributed by atoms with van der Waals surface area (Å²) < 4.78 is 5.20. The normalized spacial score (nSPS) is 26.3. The number of methoxy groups -OCH3 is 1. The van der Waals surface area contributed by atoms with Gasteiger partial charge in [-0.15, -0.1) is 0 Å². The maximum Gasteiger partial charge on any atom is 0.405 e. The number of carbonyl (C=O) groups is 1. The van der Waals surface area contributed by atoms with E-state index in [2.05, 4.69) is 20.2 Å². The Morgan fingerprint density at radius 2 is 2.04 bits per heavy atom. The predicted molar refractivity (Wildman–Crippen MR) is 90.4 cm³/mol. The number of piperidine rings is 1. The summed E-state index contributed by atoms with van der Waals surface area (Å²) >= 11 is 0. The Labute approximate surface area is 142 Å². The molecule has 1 aliphatic carbocycles. The van der Waals surface area contributed by atoms with Gasteiger partial charge in [0.25, 0.3) is 0 Å². The molecule has 1 aromatic rings. The van der Waals surface area contributed by atoms with Crippen molar-refractivity contribution in [3.05, 3.63) is 12.4 Å². The summed E-state index contributed by atoms with van der Waals surface area (Å²) in [4.78, 5) is 21.8. The molecule has 1 amide bonds. The molecular formula is C17H26N4O3. The Bertz CT molecular complexity index is 593. The molecule has 7 heteroatoms. The highest BCUT2D eigenvalue weighted by molar-refractivity contribution is 5.65. The van der Waals surface area contributed by atoms with Gasteiger partial charge in [-0.25, -0.2) is 14.8 Å². The number of anilines is 1. The largest absolute Gasteiger partial charge is 0.481 e. The number of fused-ring (bicyclic) bond motifs is 2. The highest BCUT2D eigenvalue weighted by Gasteiger charge is 2.44. The Morgan fingerprint density at radius 1 is 1.38 bits per heavy atom. The van der Waals surface area contributed by atoms with Crippen LogP contribution < -0.4 is 15.0 Å². The third kappa shape index (κ3) is 3.55. The lowest BCUT2D eigenvalue weighted by Crippen LogP contribution is -2.49. The number of hydrogen-bond acceptors (Lipinski definition) is 5. The molecule has 0 radical (unpaired) electrons. The SMILES string of the molecule is COc1cc(N2C[C@H]3CC[C@@H](C2)[C@H]3CC(C)(C)NC(=O)O)ncn1. The molecule has 1 aliphatic heterocycles. The highest BCUT2D eigenvalue weighted by atomic mass is 16.5. The van der Waals surface area contributed by atoms with Gasteiger partial charge >= 0.3 is 6.09 Å². The summed E-state index contributed by atoms with van der Waals surface area (Å²) in [5, 5.41) is 11.7. The van der Waals surface area contributed by atoms with Gasteiger partial charge in [0.1, 0.15) is 12.1 Å². The Hall–Kier alpha value is -2.05. The lowest BCUT2D eigenvalue weighted by atomic mass is 9.77. The summed E-state index contributed by atoms with van der Waals surface area (Å²) in [7, 11) is 1.61. The van der Waals surface area contributed by atoms with E-state index >= 15 is 0 Å². The standard InChI is InChI=1S/C17H26N4O3/c1-17(2,20-16(22)23)7-13-11-4-5-12(13)9-21(8-11)14-6-15(24-3)19-10-18-14/h6,10-13,20H,4-5,7-9H2,1-3H3,(H,22,23)/t11-,12+,13+. The van der Waals surface area contributed by atoms with Gasteiger partial charge < -0.3 is 20.1 Å². The molecule has 2 aliphatic rings. The van der Waals surface area contributed by atoms with Crippen LogP contribution in [0.1, 0.15) is 33.1 Å². The van der Waals surface area contributed by atoms with E-state index in [0.29, 0.717) is 23.6 Å². The summed E-state index contributed by atoms with van der Waals surface area (Å²) in [6.07, 6.45) is 3.89. The fourth-order valence-corrected chi connectivity index (χ4v) is 4.40. The van der Waals surface area contributed by atoms with Crippen molar-refractivity contribution >= 4 is 11.9 Å². The summed E-state index contributed by atoms with van der Waals surface area (Å²) in [6, 6.07) is 1.88. The Balaban J connectivity index is 1.69. The van der Waals surface area contributed by atoms with Crippen molar-refractivity contribution in [3.8, 4) is 5.88 Å².